The molecule has 0 fully saturated rings. The van der Waals surface area contributed by atoms with Gasteiger partial charge in [0.05, 0.1) is 6.54 Å². The number of halogens is 1. The van der Waals surface area contributed by atoms with Crippen LogP contribution in [0.15, 0.2) is 6.33 Å². The number of aryl methyl sites for hydroxylation is 1. The fourth-order valence-corrected chi connectivity index (χ4v) is 2.09. The second kappa shape index (κ2) is 6.23. The van der Waals surface area contributed by atoms with Gasteiger partial charge in [-0.3, -0.25) is 0 Å². The summed E-state index contributed by atoms with van der Waals surface area (Å²) in [6.45, 7) is 8.08. The van der Waals surface area contributed by atoms with E-state index in [9.17, 15) is 0 Å². The minimum Gasteiger partial charge on any atom is -0.307 e. The second-order valence-corrected chi connectivity index (χ2v) is 5.35. The van der Waals surface area contributed by atoms with Crippen molar-refractivity contribution >= 4 is 15.9 Å². The molecule has 0 aromatic carbocycles. The van der Waals surface area contributed by atoms with E-state index >= 15 is 0 Å². The Labute approximate surface area is 99.6 Å². The quantitative estimate of drug-likeness (QED) is 0.807. The summed E-state index contributed by atoms with van der Waals surface area (Å²) in [7, 11) is 0. The molecule has 0 spiro atoms. The molecule has 0 amide bonds. The van der Waals surface area contributed by atoms with Crippen LogP contribution in [0.5, 0.6) is 0 Å². The standard InChI is InChI=1S/C10H19BrN4/c1-4-15-10(13-7-14-15)6-12-9(3)5-8(2)11/h7-9,12H,4-6H2,1-3H3. The van der Waals surface area contributed by atoms with Crippen molar-refractivity contribution in [3.63, 3.8) is 0 Å². The van der Waals surface area contributed by atoms with Crippen molar-refractivity contribution in [2.75, 3.05) is 0 Å². The van der Waals surface area contributed by atoms with Crippen molar-refractivity contribution in [1.29, 1.82) is 0 Å². The maximum Gasteiger partial charge on any atom is 0.140 e. The van der Waals surface area contributed by atoms with E-state index < -0.39 is 0 Å². The van der Waals surface area contributed by atoms with Crippen molar-refractivity contribution in [2.24, 2.45) is 0 Å². The maximum atomic E-state index is 4.22. The molecule has 86 valence electrons. The Morgan fingerprint density at radius 3 is 2.87 bits per heavy atom. The summed E-state index contributed by atoms with van der Waals surface area (Å²) in [5, 5.41) is 7.57. The Morgan fingerprint density at radius 2 is 2.27 bits per heavy atom. The van der Waals surface area contributed by atoms with Gasteiger partial charge in [-0.1, -0.05) is 22.9 Å². The molecule has 0 saturated heterocycles. The Bertz CT molecular complexity index is 285. The summed E-state index contributed by atoms with van der Waals surface area (Å²) in [4.78, 5) is 4.76. The van der Waals surface area contributed by atoms with Crippen molar-refractivity contribution in [3.05, 3.63) is 12.2 Å². The summed E-state index contributed by atoms with van der Waals surface area (Å²) < 4.78 is 1.91. The lowest BCUT2D eigenvalue weighted by Gasteiger charge is -2.14. The van der Waals surface area contributed by atoms with E-state index in [1.54, 1.807) is 6.33 Å². The SMILES string of the molecule is CCn1ncnc1CNC(C)CC(C)Br. The van der Waals surface area contributed by atoms with Crippen molar-refractivity contribution in [1.82, 2.24) is 20.1 Å². The van der Waals surface area contributed by atoms with Crippen LogP contribution in [-0.4, -0.2) is 25.6 Å². The van der Waals surface area contributed by atoms with Crippen LogP contribution in [0, 0.1) is 0 Å². The highest BCUT2D eigenvalue weighted by molar-refractivity contribution is 9.09. The second-order valence-electron chi connectivity index (χ2n) is 3.79. The summed E-state index contributed by atoms with van der Waals surface area (Å²) in [6, 6.07) is 0.487. The molecule has 1 aromatic heterocycles. The largest absolute Gasteiger partial charge is 0.307 e. The highest BCUT2D eigenvalue weighted by atomic mass is 79.9. The number of nitrogens with one attached hydrogen (secondary N) is 1. The molecule has 0 aliphatic carbocycles. The zero-order chi connectivity index (χ0) is 11.3. The molecule has 2 unspecified atom stereocenters. The summed E-state index contributed by atoms with van der Waals surface area (Å²) >= 11 is 3.55. The van der Waals surface area contributed by atoms with E-state index in [-0.39, 0.29) is 0 Å². The first kappa shape index (κ1) is 12.6. The van der Waals surface area contributed by atoms with Crippen LogP contribution in [0.4, 0.5) is 0 Å². The van der Waals surface area contributed by atoms with Gasteiger partial charge in [-0.15, -0.1) is 0 Å². The Balaban J connectivity index is 2.36. The zero-order valence-electron chi connectivity index (χ0n) is 9.57. The van der Waals surface area contributed by atoms with Crippen LogP contribution in [0.2, 0.25) is 0 Å². The van der Waals surface area contributed by atoms with Crippen LogP contribution in [0.25, 0.3) is 0 Å². The molecule has 0 bridgehead atoms. The van der Waals surface area contributed by atoms with Crippen LogP contribution < -0.4 is 5.32 Å². The van der Waals surface area contributed by atoms with E-state index in [1.807, 2.05) is 4.68 Å². The van der Waals surface area contributed by atoms with Gasteiger partial charge in [0, 0.05) is 17.4 Å². The molecule has 15 heavy (non-hydrogen) atoms. The van der Waals surface area contributed by atoms with Crippen molar-refractivity contribution in [2.45, 2.75) is 51.2 Å². The Hall–Kier alpha value is -0.420. The number of hydrogen-bond donors (Lipinski definition) is 1. The number of hydrogen-bond acceptors (Lipinski definition) is 3. The topological polar surface area (TPSA) is 42.7 Å². The fourth-order valence-electron chi connectivity index (χ4n) is 1.53. The van der Waals surface area contributed by atoms with Crippen LogP contribution in [-0.2, 0) is 13.1 Å². The summed E-state index contributed by atoms with van der Waals surface area (Å²) in [5.41, 5.74) is 0. The maximum absolute atomic E-state index is 4.22. The lowest BCUT2D eigenvalue weighted by Crippen LogP contribution is -2.28. The van der Waals surface area contributed by atoms with E-state index in [4.69, 9.17) is 0 Å². The van der Waals surface area contributed by atoms with Crippen LogP contribution >= 0.6 is 15.9 Å². The number of alkyl halides is 1. The highest BCUT2D eigenvalue weighted by Crippen LogP contribution is 2.07. The molecular formula is C10H19BrN4. The van der Waals surface area contributed by atoms with E-state index in [1.165, 1.54) is 0 Å². The average Bonchev–Trinajstić information content (AvgIpc) is 2.60. The molecule has 2 atom stereocenters. The minimum atomic E-state index is 0.487. The van der Waals surface area contributed by atoms with Gasteiger partial charge in [0.1, 0.15) is 12.2 Å². The summed E-state index contributed by atoms with van der Waals surface area (Å²) in [6.07, 6.45) is 2.72. The van der Waals surface area contributed by atoms with Gasteiger partial charge in [-0.2, -0.15) is 5.10 Å². The predicted molar refractivity (Wildman–Crippen MR) is 65.0 cm³/mol. The molecule has 4 nitrogen and oxygen atoms in total. The van der Waals surface area contributed by atoms with Crippen molar-refractivity contribution < 1.29 is 0 Å². The molecule has 1 rings (SSSR count). The van der Waals surface area contributed by atoms with Gasteiger partial charge in [0.2, 0.25) is 0 Å². The van der Waals surface area contributed by atoms with Crippen LogP contribution in [0.3, 0.4) is 0 Å². The molecule has 5 heteroatoms. The molecule has 0 radical (unpaired) electrons. The molecule has 1 N–H and O–H groups in total. The normalized spacial score (nSPS) is 15.2. The van der Waals surface area contributed by atoms with Gasteiger partial charge in [0.25, 0.3) is 0 Å². The predicted octanol–water partition coefficient (Wildman–Crippen LogP) is 1.95. The Morgan fingerprint density at radius 1 is 1.53 bits per heavy atom. The zero-order valence-corrected chi connectivity index (χ0v) is 11.2. The lowest BCUT2D eigenvalue weighted by molar-refractivity contribution is 0.487. The molecule has 0 aliphatic rings. The Kier molecular flexibility index (Phi) is 5.25. The van der Waals surface area contributed by atoms with Crippen molar-refractivity contribution in [3.8, 4) is 0 Å². The third-order valence-corrected chi connectivity index (χ3v) is 2.66. The first-order valence-corrected chi connectivity index (χ1v) is 6.29. The average molecular weight is 275 g/mol. The van der Waals surface area contributed by atoms with Gasteiger partial charge in [-0.05, 0) is 20.3 Å². The lowest BCUT2D eigenvalue weighted by atomic mass is 10.2. The third kappa shape index (κ3) is 4.30. The first-order valence-electron chi connectivity index (χ1n) is 5.37. The summed E-state index contributed by atoms with van der Waals surface area (Å²) in [5.74, 6) is 1.01. The van der Waals surface area contributed by atoms with E-state index in [2.05, 4.69) is 52.1 Å². The van der Waals surface area contributed by atoms with Crippen LogP contribution in [0.1, 0.15) is 33.0 Å². The number of rotatable bonds is 6. The fraction of sp³-hybridized carbons (Fsp3) is 0.800. The van der Waals surface area contributed by atoms with Gasteiger partial charge in [-0.25, -0.2) is 9.67 Å². The molecule has 1 heterocycles. The minimum absolute atomic E-state index is 0.487. The van der Waals surface area contributed by atoms with E-state index in [0.29, 0.717) is 10.9 Å². The van der Waals surface area contributed by atoms with Gasteiger partial charge >= 0.3 is 0 Å². The smallest absolute Gasteiger partial charge is 0.140 e. The number of aromatic nitrogens is 3. The monoisotopic (exact) mass is 274 g/mol. The molecular weight excluding hydrogens is 256 g/mol. The van der Waals surface area contributed by atoms with E-state index in [0.717, 1.165) is 25.3 Å². The van der Waals surface area contributed by atoms with Gasteiger partial charge in [0.15, 0.2) is 0 Å². The first-order chi connectivity index (χ1) is 7.13. The van der Waals surface area contributed by atoms with Gasteiger partial charge < -0.3 is 5.32 Å². The third-order valence-electron chi connectivity index (χ3n) is 2.28. The number of nitrogens with zero attached hydrogens (tertiary/aromatic N) is 3. The highest BCUT2D eigenvalue weighted by Gasteiger charge is 2.07. The molecule has 0 aliphatic heterocycles. The molecule has 0 saturated carbocycles. The molecule has 1 aromatic rings.